The second-order valence-electron chi connectivity index (χ2n) is 7.26. The van der Waals surface area contributed by atoms with Crippen molar-refractivity contribution in [1.29, 1.82) is 0 Å². The molecule has 0 atom stereocenters. The van der Waals surface area contributed by atoms with Crippen molar-refractivity contribution in [1.82, 2.24) is 9.97 Å². The molecule has 2 heterocycles. The number of carboxylic acids is 1. The van der Waals surface area contributed by atoms with Gasteiger partial charge in [-0.3, -0.25) is 30.2 Å². The number of esters is 1. The first-order valence-electron chi connectivity index (χ1n) is 10.4. The van der Waals surface area contributed by atoms with Gasteiger partial charge in [0.1, 0.15) is 0 Å². The van der Waals surface area contributed by atoms with Crippen LogP contribution < -0.4 is 0 Å². The summed E-state index contributed by atoms with van der Waals surface area (Å²) in [6, 6.07) is 12.7. The number of aliphatic carboxylic acids is 1. The number of nitro benzene ring substituents is 2. The highest BCUT2D eigenvalue weighted by Gasteiger charge is 2.14. The smallest absolute Gasteiger partial charge is 0.330 e. The molecule has 0 spiro atoms. The van der Waals surface area contributed by atoms with Gasteiger partial charge in [0.15, 0.2) is 0 Å². The fraction of sp³-hybridized carbons (Fsp3) is 0.0400. The van der Waals surface area contributed by atoms with E-state index < -0.39 is 21.8 Å². The largest absolute Gasteiger partial charge is 0.478 e. The number of hydrogen-bond acceptors (Lipinski definition) is 9. The van der Waals surface area contributed by atoms with Crippen LogP contribution >= 0.6 is 0 Å². The molecule has 0 fully saturated rings. The maximum atomic E-state index is 11.0. The van der Waals surface area contributed by atoms with E-state index in [9.17, 15) is 29.8 Å². The first kappa shape index (κ1) is 26.1. The Balaban J connectivity index is 0.000000206. The van der Waals surface area contributed by atoms with Crippen LogP contribution in [0.25, 0.3) is 34.0 Å². The van der Waals surface area contributed by atoms with Crippen molar-refractivity contribution < 1.29 is 29.3 Å². The number of carbonyl (C=O) groups is 2. The Bertz CT molecular complexity index is 1580. The second-order valence-corrected chi connectivity index (χ2v) is 7.26. The van der Waals surface area contributed by atoms with Crippen molar-refractivity contribution in [2.24, 2.45) is 0 Å². The number of carbonyl (C=O) groups excluding carboxylic acids is 1. The highest BCUT2D eigenvalue weighted by Crippen LogP contribution is 2.27. The number of carboxylic acid groups (broad SMARTS) is 1. The van der Waals surface area contributed by atoms with Gasteiger partial charge in [-0.1, -0.05) is 12.1 Å². The Hall–Kier alpha value is -5.52. The van der Waals surface area contributed by atoms with Crippen LogP contribution in [0.3, 0.4) is 0 Å². The predicted molar refractivity (Wildman–Crippen MR) is 135 cm³/mol. The number of nitrogens with zero attached hydrogens (tertiary/aromatic N) is 4. The first-order chi connectivity index (χ1) is 17.7. The third-order valence-corrected chi connectivity index (χ3v) is 4.90. The molecule has 186 valence electrons. The number of methoxy groups -OCH3 is 1. The van der Waals surface area contributed by atoms with Gasteiger partial charge in [0.05, 0.1) is 39.1 Å². The van der Waals surface area contributed by atoms with Crippen LogP contribution in [0, 0.1) is 20.2 Å². The van der Waals surface area contributed by atoms with Gasteiger partial charge >= 0.3 is 11.9 Å². The topological polar surface area (TPSA) is 176 Å². The summed E-state index contributed by atoms with van der Waals surface area (Å²) in [5.41, 5.74) is 1.50. The Morgan fingerprint density at radius 2 is 1.30 bits per heavy atom. The lowest BCUT2D eigenvalue weighted by Crippen LogP contribution is -1.95. The molecule has 0 unspecified atom stereocenters. The molecular weight excluding hydrogens is 484 g/mol. The molecule has 0 amide bonds. The van der Waals surface area contributed by atoms with Gasteiger partial charge in [0.25, 0.3) is 11.4 Å². The summed E-state index contributed by atoms with van der Waals surface area (Å²) < 4.78 is 4.45. The van der Waals surface area contributed by atoms with Crippen LogP contribution in [0.4, 0.5) is 11.4 Å². The number of pyridine rings is 2. The van der Waals surface area contributed by atoms with Crippen LogP contribution in [0.5, 0.6) is 0 Å². The average Bonchev–Trinajstić information content (AvgIpc) is 2.89. The molecule has 0 radical (unpaired) electrons. The van der Waals surface area contributed by atoms with Crippen LogP contribution in [0.2, 0.25) is 0 Å². The van der Waals surface area contributed by atoms with E-state index in [1.807, 2.05) is 0 Å². The van der Waals surface area contributed by atoms with E-state index >= 15 is 0 Å². The fourth-order valence-corrected chi connectivity index (χ4v) is 3.22. The number of nitro groups is 2. The average molecular weight is 502 g/mol. The number of fused-ring (bicyclic) bond motifs is 2. The van der Waals surface area contributed by atoms with Gasteiger partial charge in [-0.05, 0) is 36.4 Å². The molecule has 0 saturated carbocycles. The van der Waals surface area contributed by atoms with Gasteiger partial charge in [-0.25, -0.2) is 9.59 Å². The third kappa shape index (κ3) is 6.76. The van der Waals surface area contributed by atoms with E-state index in [1.165, 1.54) is 37.5 Å². The Morgan fingerprint density at radius 1 is 0.838 bits per heavy atom. The highest BCUT2D eigenvalue weighted by atomic mass is 16.6. The zero-order valence-corrected chi connectivity index (χ0v) is 19.2. The molecule has 0 aliphatic heterocycles. The maximum absolute atomic E-state index is 11.0. The van der Waals surface area contributed by atoms with Gasteiger partial charge in [0, 0.05) is 47.5 Å². The zero-order valence-electron chi connectivity index (χ0n) is 19.2. The molecule has 4 rings (SSSR count). The minimum Gasteiger partial charge on any atom is -0.478 e. The standard InChI is InChI=1S/C13H10N2O4.C12H8N2O4/c1-19-13(16)5-4-10-7-11-9(3-2-6-14-11)8-12(10)15(17)18;15-12(16)4-3-9-6-10-8(2-1-5-13-10)7-11(9)14(17)18/h2-8H,1H3;1-7H,(H,15,16)/b5-4+;4-3+. The van der Waals surface area contributed by atoms with Crippen molar-refractivity contribution in [3.63, 3.8) is 0 Å². The lowest BCUT2D eigenvalue weighted by atomic mass is 10.1. The number of aromatic nitrogens is 2. The summed E-state index contributed by atoms with van der Waals surface area (Å²) in [6.45, 7) is 0. The Kier molecular flexibility index (Phi) is 8.29. The SMILES string of the molecule is COC(=O)/C=C/c1cc2ncccc2cc1[N+](=O)[O-].O=C(O)/C=C/c1cc2ncccc2cc1[N+](=O)[O-]. The molecule has 1 N–H and O–H groups in total. The second kappa shape index (κ2) is 11.8. The summed E-state index contributed by atoms with van der Waals surface area (Å²) >= 11 is 0. The molecule has 0 saturated heterocycles. The van der Waals surface area contributed by atoms with Gasteiger partial charge in [-0.2, -0.15) is 0 Å². The monoisotopic (exact) mass is 502 g/mol. The molecule has 12 nitrogen and oxygen atoms in total. The van der Waals surface area contributed by atoms with Crippen LogP contribution in [0.1, 0.15) is 11.1 Å². The summed E-state index contributed by atoms with van der Waals surface area (Å²) in [5.74, 6) is -1.74. The van der Waals surface area contributed by atoms with Gasteiger partial charge < -0.3 is 9.84 Å². The molecule has 37 heavy (non-hydrogen) atoms. The molecule has 12 heteroatoms. The summed E-state index contributed by atoms with van der Waals surface area (Å²) in [5, 5.41) is 31.8. The Labute approximate surface area is 208 Å². The normalized spacial score (nSPS) is 10.8. The van der Waals surface area contributed by atoms with Crippen molar-refractivity contribution >= 4 is 57.3 Å². The molecule has 4 aromatic rings. The number of benzene rings is 2. The van der Waals surface area contributed by atoms with Crippen molar-refractivity contribution in [3.05, 3.63) is 104 Å². The van der Waals surface area contributed by atoms with E-state index in [4.69, 9.17) is 5.11 Å². The zero-order chi connectivity index (χ0) is 26.9. The van der Waals surface area contributed by atoms with Crippen LogP contribution in [-0.2, 0) is 14.3 Å². The van der Waals surface area contributed by atoms with E-state index in [2.05, 4.69) is 14.7 Å². The first-order valence-corrected chi connectivity index (χ1v) is 10.4. The molecule has 0 bridgehead atoms. The van der Waals surface area contributed by atoms with E-state index in [0.29, 0.717) is 27.4 Å². The molecule has 2 aromatic carbocycles. The fourth-order valence-electron chi connectivity index (χ4n) is 3.22. The third-order valence-electron chi connectivity index (χ3n) is 4.90. The van der Waals surface area contributed by atoms with Gasteiger partial charge in [0.2, 0.25) is 0 Å². The Morgan fingerprint density at radius 3 is 1.70 bits per heavy atom. The maximum Gasteiger partial charge on any atom is 0.330 e. The van der Waals surface area contributed by atoms with Crippen LogP contribution in [0.15, 0.2) is 73.1 Å². The lowest BCUT2D eigenvalue weighted by molar-refractivity contribution is -0.385. The number of rotatable bonds is 6. The van der Waals surface area contributed by atoms with Crippen molar-refractivity contribution in [3.8, 4) is 0 Å². The molecule has 0 aliphatic rings. The van der Waals surface area contributed by atoms with Crippen LogP contribution in [-0.4, -0.2) is 44.0 Å². The molecular formula is C25H18N4O8. The van der Waals surface area contributed by atoms with E-state index in [0.717, 1.165) is 12.2 Å². The quantitative estimate of drug-likeness (QED) is 0.170. The highest BCUT2D eigenvalue weighted by molar-refractivity contribution is 5.91. The lowest BCUT2D eigenvalue weighted by Gasteiger charge is -2.01. The number of hydrogen-bond donors (Lipinski definition) is 1. The van der Waals surface area contributed by atoms with E-state index in [-0.39, 0.29) is 16.9 Å². The summed E-state index contributed by atoms with van der Waals surface area (Å²) in [7, 11) is 1.24. The van der Waals surface area contributed by atoms with Crippen molar-refractivity contribution in [2.45, 2.75) is 0 Å². The summed E-state index contributed by atoms with van der Waals surface area (Å²) in [4.78, 5) is 50.5. The number of ether oxygens (including phenoxy) is 1. The minimum absolute atomic E-state index is 0.0827. The van der Waals surface area contributed by atoms with Crippen molar-refractivity contribution in [2.75, 3.05) is 7.11 Å². The van der Waals surface area contributed by atoms with Gasteiger partial charge in [-0.15, -0.1) is 0 Å². The summed E-state index contributed by atoms with van der Waals surface area (Å²) in [6.07, 6.45) is 7.70. The molecule has 0 aliphatic carbocycles. The predicted octanol–water partition coefficient (Wildman–Crippen LogP) is 4.57. The van der Waals surface area contributed by atoms with E-state index in [1.54, 1.807) is 42.7 Å². The molecule has 2 aromatic heterocycles. The minimum atomic E-state index is -1.16.